The Kier molecular flexibility index (Phi) is 5.95. The van der Waals surface area contributed by atoms with Crippen molar-refractivity contribution in [3.8, 4) is 28.0 Å². The van der Waals surface area contributed by atoms with E-state index in [1.54, 1.807) is 26.7 Å². The lowest BCUT2D eigenvalue weighted by atomic mass is 10.0. The Morgan fingerprint density at radius 1 is 1.10 bits per heavy atom. The van der Waals surface area contributed by atoms with Crippen LogP contribution in [0.4, 0.5) is 5.82 Å². The van der Waals surface area contributed by atoms with E-state index in [-0.39, 0.29) is 0 Å². The number of methoxy groups -OCH3 is 2. The van der Waals surface area contributed by atoms with Gasteiger partial charge in [0.05, 0.1) is 37.5 Å². The van der Waals surface area contributed by atoms with E-state index in [2.05, 4.69) is 30.0 Å². The van der Waals surface area contributed by atoms with Crippen molar-refractivity contribution in [2.75, 3.05) is 38.8 Å². The van der Waals surface area contributed by atoms with E-state index in [4.69, 9.17) is 24.0 Å². The molecule has 0 aliphatic rings. The Balaban J connectivity index is 1.88. The molecule has 0 aliphatic carbocycles. The highest BCUT2D eigenvalue weighted by molar-refractivity contribution is 5.86. The Bertz CT molecular complexity index is 1180. The number of fused-ring (bicyclic) bond motifs is 1. The zero-order chi connectivity index (χ0) is 22.0. The first kappa shape index (κ1) is 20.9. The minimum Gasteiger partial charge on any atom is -0.496 e. The van der Waals surface area contributed by atoms with Gasteiger partial charge >= 0.3 is 0 Å². The molecule has 0 saturated carbocycles. The van der Waals surface area contributed by atoms with Crippen LogP contribution >= 0.6 is 0 Å². The number of benzene rings is 1. The van der Waals surface area contributed by atoms with Crippen molar-refractivity contribution in [1.29, 1.82) is 0 Å². The molecule has 0 bridgehead atoms. The summed E-state index contributed by atoms with van der Waals surface area (Å²) >= 11 is 0. The predicted octanol–water partition coefficient (Wildman–Crippen LogP) is 4.75. The summed E-state index contributed by atoms with van der Waals surface area (Å²) in [4.78, 5) is 7.10. The first-order chi connectivity index (χ1) is 15.1. The maximum absolute atomic E-state index is 5.77. The summed E-state index contributed by atoms with van der Waals surface area (Å²) in [5.74, 6) is 1.78. The minimum atomic E-state index is 0.646. The van der Waals surface area contributed by atoms with Crippen molar-refractivity contribution in [3.05, 3.63) is 54.2 Å². The molecule has 0 radical (unpaired) electrons. The van der Waals surface area contributed by atoms with Crippen LogP contribution < -0.4 is 9.64 Å². The van der Waals surface area contributed by atoms with Gasteiger partial charge in [0.2, 0.25) is 0 Å². The van der Waals surface area contributed by atoms with Crippen LogP contribution in [0.1, 0.15) is 18.3 Å². The van der Waals surface area contributed by atoms with E-state index in [0.29, 0.717) is 6.61 Å². The van der Waals surface area contributed by atoms with Gasteiger partial charge < -0.3 is 18.8 Å². The van der Waals surface area contributed by atoms with Crippen LogP contribution in [-0.4, -0.2) is 48.5 Å². The Morgan fingerprint density at radius 2 is 1.94 bits per heavy atom. The van der Waals surface area contributed by atoms with Gasteiger partial charge in [-0.25, -0.2) is 4.98 Å². The molecule has 31 heavy (non-hydrogen) atoms. The normalized spacial score (nSPS) is 11.3. The van der Waals surface area contributed by atoms with Gasteiger partial charge in [0.1, 0.15) is 11.6 Å². The summed E-state index contributed by atoms with van der Waals surface area (Å²) in [6, 6.07) is 10.2. The highest BCUT2D eigenvalue weighted by atomic mass is 16.5. The van der Waals surface area contributed by atoms with Crippen molar-refractivity contribution in [1.82, 2.24) is 14.6 Å². The molecule has 0 aliphatic heterocycles. The van der Waals surface area contributed by atoms with Gasteiger partial charge in [0.15, 0.2) is 5.65 Å². The quantitative estimate of drug-likeness (QED) is 0.410. The number of hydrogen-bond donors (Lipinski definition) is 0. The van der Waals surface area contributed by atoms with Crippen LogP contribution in [-0.2, 0) is 4.74 Å². The molecule has 4 rings (SSSR count). The number of ether oxygens (including phenoxy) is 2. The van der Waals surface area contributed by atoms with Gasteiger partial charge in [-0.15, -0.1) is 0 Å². The second kappa shape index (κ2) is 8.81. The van der Waals surface area contributed by atoms with Gasteiger partial charge in [0.25, 0.3) is 0 Å². The average Bonchev–Trinajstić information content (AvgIpc) is 3.41. The zero-order valence-electron chi connectivity index (χ0n) is 18.7. The third-order valence-electron chi connectivity index (χ3n) is 5.47. The zero-order valence-corrected chi connectivity index (χ0v) is 18.7. The number of likely N-dealkylation sites (N-methyl/N-ethyl adjacent to an activating group) is 1. The van der Waals surface area contributed by atoms with E-state index in [1.807, 2.05) is 30.5 Å². The number of aryl methyl sites for hydroxylation is 2. The molecule has 4 aromatic rings. The number of furan rings is 1. The van der Waals surface area contributed by atoms with E-state index in [9.17, 15) is 0 Å². The maximum atomic E-state index is 5.77. The molecule has 0 N–H and O–H groups in total. The Morgan fingerprint density at radius 3 is 2.61 bits per heavy atom. The highest BCUT2D eigenvalue weighted by Crippen LogP contribution is 2.38. The van der Waals surface area contributed by atoms with Crippen molar-refractivity contribution < 1.29 is 13.9 Å². The van der Waals surface area contributed by atoms with Gasteiger partial charge in [-0.2, -0.15) is 9.61 Å². The van der Waals surface area contributed by atoms with Crippen LogP contribution in [0.2, 0.25) is 0 Å². The van der Waals surface area contributed by atoms with Crippen LogP contribution in [0.5, 0.6) is 5.75 Å². The van der Waals surface area contributed by atoms with Crippen LogP contribution in [0, 0.1) is 13.8 Å². The summed E-state index contributed by atoms with van der Waals surface area (Å²) < 4.78 is 18.2. The van der Waals surface area contributed by atoms with Crippen molar-refractivity contribution in [3.63, 3.8) is 0 Å². The van der Waals surface area contributed by atoms with E-state index in [1.165, 1.54) is 0 Å². The maximum Gasteiger partial charge on any atom is 0.165 e. The first-order valence-corrected chi connectivity index (χ1v) is 10.4. The van der Waals surface area contributed by atoms with Gasteiger partial charge in [-0.1, -0.05) is 6.07 Å². The van der Waals surface area contributed by atoms with Gasteiger partial charge in [-0.05, 0) is 44.5 Å². The van der Waals surface area contributed by atoms with Gasteiger partial charge in [-0.3, -0.25) is 0 Å². The highest BCUT2D eigenvalue weighted by Gasteiger charge is 2.21. The fourth-order valence-electron chi connectivity index (χ4n) is 3.91. The van der Waals surface area contributed by atoms with Crippen molar-refractivity contribution in [2.45, 2.75) is 20.8 Å². The van der Waals surface area contributed by atoms with Crippen molar-refractivity contribution >= 4 is 11.5 Å². The number of hydrogen-bond acceptors (Lipinski definition) is 6. The van der Waals surface area contributed by atoms with E-state index in [0.717, 1.165) is 63.9 Å². The molecule has 0 spiro atoms. The number of rotatable bonds is 8. The molecule has 162 valence electrons. The number of nitrogens with zero attached hydrogens (tertiary/aromatic N) is 4. The first-order valence-electron chi connectivity index (χ1n) is 10.4. The number of aromatic nitrogens is 3. The summed E-state index contributed by atoms with van der Waals surface area (Å²) in [5.41, 5.74) is 6.64. The molecule has 3 aromatic heterocycles. The molecular formula is C24H28N4O3. The Labute approximate surface area is 182 Å². The molecule has 0 saturated heterocycles. The van der Waals surface area contributed by atoms with E-state index < -0.39 is 0 Å². The summed E-state index contributed by atoms with van der Waals surface area (Å²) in [6.07, 6.45) is 3.40. The molecule has 3 heterocycles. The average molecular weight is 421 g/mol. The SMILES string of the molecule is CCN(CCOC)c1cc(C)nc2c(-c3ccc(-c4ccoc4)cc3OC)c(C)nn12. The summed E-state index contributed by atoms with van der Waals surface area (Å²) in [6.45, 7) is 8.43. The Hall–Kier alpha value is -3.32. The molecule has 0 atom stereocenters. The lowest BCUT2D eigenvalue weighted by molar-refractivity contribution is 0.205. The lowest BCUT2D eigenvalue weighted by Crippen LogP contribution is -2.29. The van der Waals surface area contributed by atoms with E-state index >= 15 is 0 Å². The fraction of sp³-hybridized carbons (Fsp3) is 0.333. The number of anilines is 1. The lowest BCUT2D eigenvalue weighted by Gasteiger charge is -2.23. The standard InChI is InChI=1S/C24H28N4O3/c1-6-27(10-12-29-4)22-13-16(2)25-24-23(17(3)26-28(22)24)20-8-7-18(14-21(20)30-5)19-9-11-31-15-19/h7-9,11,13-15H,6,10,12H2,1-5H3. The molecule has 0 amide bonds. The third-order valence-corrected chi connectivity index (χ3v) is 5.47. The molecule has 0 fully saturated rings. The third kappa shape index (κ3) is 3.88. The van der Waals surface area contributed by atoms with Crippen molar-refractivity contribution in [2.24, 2.45) is 0 Å². The largest absolute Gasteiger partial charge is 0.496 e. The monoisotopic (exact) mass is 420 g/mol. The second-order valence-corrected chi connectivity index (χ2v) is 7.45. The minimum absolute atomic E-state index is 0.646. The summed E-state index contributed by atoms with van der Waals surface area (Å²) in [7, 11) is 3.41. The molecule has 1 aromatic carbocycles. The van der Waals surface area contributed by atoms with Crippen LogP contribution in [0.3, 0.4) is 0 Å². The molecule has 7 heteroatoms. The van der Waals surface area contributed by atoms with Crippen LogP contribution in [0.25, 0.3) is 27.9 Å². The molecular weight excluding hydrogens is 392 g/mol. The van der Waals surface area contributed by atoms with Gasteiger partial charge in [0, 0.05) is 43.1 Å². The molecule has 7 nitrogen and oxygen atoms in total. The summed E-state index contributed by atoms with van der Waals surface area (Å²) in [5, 5.41) is 4.86. The predicted molar refractivity (Wildman–Crippen MR) is 122 cm³/mol. The molecule has 0 unspecified atom stereocenters. The smallest absolute Gasteiger partial charge is 0.165 e. The fourth-order valence-corrected chi connectivity index (χ4v) is 3.91. The van der Waals surface area contributed by atoms with Crippen LogP contribution in [0.15, 0.2) is 47.3 Å². The topological polar surface area (TPSA) is 65.0 Å². The second-order valence-electron chi connectivity index (χ2n) is 7.45.